The monoisotopic (exact) mass is 334 g/mol. The van der Waals surface area contributed by atoms with Crippen LogP contribution in [0.15, 0.2) is 22.3 Å². The van der Waals surface area contributed by atoms with Gasteiger partial charge in [-0.3, -0.25) is 14.4 Å². The maximum atomic E-state index is 12.2. The fourth-order valence-corrected chi connectivity index (χ4v) is 3.63. The Morgan fingerprint density at radius 3 is 2.59 bits per heavy atom. The standard InChI is InChI=1S/C15H14N2O3S2/c1-9-8-21-15(20)17(9)6-5-12(18)11(7-16)14(19)13-4-3-10(2)22-13/h3-4,8,11H,5-6H2,1-2H3/t11-/m0/s1. The number of carbonyl (C=O) groups excluding carboxylic acids is 2. The summed E-state index contributed by atoms with van der Waals surface area (Å²) in [6, 6.07) is 5.21. The van der Waals surface area contributed by atoms with E-state index in [1.54, 1.807) is 30.5 Å². The summed E-state index contributed by atoms with van der Waals surface area (Å²) in [5.41, 5.74) is 0.775. The van der Waals surface area contributed by atoms with Crippen LogP contribution in [0.4, 0.5) is 0 Å². The molecule has 0 aliphatic rings. The second-order valence-electron chi connectivity index (χ2n) is 4.85. The van der Waals surface area contributed by atoms with Crippen LogP contribution in [0.25, 0.3) is 0 Å². The largest absolute Gasteiger partial charge is 0.307 e. The minimum absolute atomic E-state index is 0.00813. The Balaban J connectivity index is 2.08. The van der Waals surface area contributed by atoms with Crippen LogP contribution >= 0.6 is 22.7 Å². The Morgan fingerprint density at radius 2 is 2.09 bits per heavy atom. The summed E-state index contributed by atoms with van der Waals surface area (Å²) in [6.07, 6.45) is -0.00813. The van der Waals surface area contributed by atoms with Crippen LogP contribution in [0, 0.1) is 31.1 Å². The van der Waals surface area contributed by atoms with Gasteiger partial charge in [0.2, 0.25) is 0 Å². The van der Waals surface area contributed by atoms with E-state index in [-0.39, 0.29) is 17.8 Å². The van der Waals surface area contributed by atoms with Crippen molar-refractivity contribution in [2.75, 3.05) is 0 Å². The highest BCUT2D eigenvalue weighted by atomic mass is 32.1. The molecule has 2 rings (SSSR count). The molecule has 0 aromatic carbocycles. The van der Waals surface area contributed by atoms with Crippen molar-refractivity contribution in [2.24, 2.45) is 5.92 Å². The smallest absolute Gasteiger partial charge is 0.303 e. The molecule has 2 heterocycles. The number of aromatic nitrogens is 1. The molecule has 0 saturated carbocycles. The fourth-order valence-electron chi connectivity index (χ4n) is 2.03. The van der Waals surface area contributed by atoms with E-state index < -0.39 is 17.5 Å². The predicted octanol–water partition coefficient (Wildman–Crippen LogP) is 2.57. The van der Waals surface area contributed by atoms with Crippen molar-refractivity contribution in [1.29, 1.82) is 5.26 Å². The molecule has 2 aromatic heterocycles. The first-order valence-electron chi connectivity index (χ1n) is 6.62. The topological polar surface area (TPSA) is 79.9 Å². The lowest BCUT2D eigenvalue weighted by atomic mass is 9.97. The highest BCUT2D eigenvalue weighted by Gasteiger charge is 2.28. The third kappa shape index (κ3) is 3.40. The summed E-state index contributed by atoms with van der Waals surface area (Å²) in [6.45, 7) is 3.84. The van der Waals surface area contributed by atoms with Gasteiger partial charge < -0.3 is 4.57 Å². The number of ketones is 2. The van der Waals surface area contributed by atoms with Gasteiger partial charge in [-0.15, -0.1) is 11.3 Å². The van der Waals surface area contributed by atoms with Gasteiger partial charge in [-0.2, -0.15) is 5.26 Å². The first-order chi connectivity index (χ1) is 10.4. The van der Waals surface area contributed by atoms with Crippen LogP contribution in [0.3, 0.4) is 0 Å². The Bertz CT molecular complexity index is 807. The third-order valence-electron chi connectivity index (χ3n) is 3.25. The first kappa shape index (κ1) is 16.3. The molecule has 0 aliphatic heterocycles. The van der Waals surface area contributed by atoms with E-state index in [0.717, 1.165) is 21.9 Å². The SMILES string of the molecule is Cc1ccc(C(=O)[C@@H](C#N)C(=O)CCn2c(C)csc2=O)s1. The Kier molecular flexibility index (Phi) is 5.06. The molecule has 0 bridgehead atoms. The molecular formula is C15H14N2O3S2. The average molecular weight is 334 g/mol. The normalized spacial score (nSPS) is 11.9. The maximum Gasteiger partial charge on any atom is 0.307 e. The highest BCUT2D eigenvalue weighted by Crippen LogP contribution is 2.20. The average Bonchev–Trinajstić information content (AvgIpc) is 3.04. The second kappa shape index (κ2) is 6.81. The number of nitriles is 1. The summed E-state index contributed by atoms with van der Waals surface area (Å²) in [5, 5.41) is 10.9. The Morgan fingerprint density at radius 1 is 1.36 bits per heavy atom. The minimum Gasteiger partial charge on any atom is -0.303 e. The number of rotatable bonds is 6. The molecule has 0 amide bonds. The summed E-state index contributed by atoms with van der Waals surface area (Å²) in [4.78, 5) is 37.2. The van der Waals surface area contributed by atoms with Gasteiger partial charge in [0.15, 0.2) is 17.5 Å². The molecule has 0 N–H and O–H groups in total. The summed E-state index contributed by atoms with van der Waals surface area (Å²) < 4.78 is 1.48. The molecule has 0 fully saturated rings. The molecule has 0 spiro atoms. The van der Waals surface area contributed by atoms with Crippen LogP contribution in [-0.4, -0.2) is 16.1 Å². The van der Waals surface area contributed by atoms with Crippen molar-refractivity contribution < 1.29 is 9.59 Å². The van der Waals surface area contributed by atoms with Crippen molar-refractivity contribution in [3.8, 4) is 6.07 Å². The zero-order chi connectivity index (χ0) is 16.3. The summed E-state index contributed by atoms with van der Waals surface area (Å²) in [5.74, 6) is -2.20. The molecule has 5 nitrogen and oxygen atoms in total. The lowest BCUT2D eigenvalue weighted by Crippen LogP contribution is -2.25. The fraction of sp³-hybridized carbons (Fsp3) is 0.333. The number of thiazole rings is 1. The van der Waals surface area contributed by atoms with Crippen molar-refractivity contribution in [3.05, 3.63) is 42.6 Å². The van der Waals surface area contributed by atoms with Crippen LogP contribution in [0.2, 0.25) is 0 Å². The Hall–Kier alpha value is -2.04. The predicted molar refractivity (Wildman–Crippen MR) is 85.4 cm³/mol. The van der Waals surface area contributed by atoms with Gasteiger partial charge in [-0.05, 0) is 26.0 Å². The molecule has 114 valence electrons. The quantitative estimate of drug-likeness (QED) is 0.601. The van der Waals surface area contributed by atoms with E-state index in [4.69, 9.17) is 5.26 Å². The molecule has 0 saturated heterocycles. The van der Waals surface area contributed by atoms with Crippen molar-refractivity contribution in [2.45, 2.75) is 26.8 Å². The Labute approximate surface area is 135 Å². The van der Waals surface area contributed by atoms with Crippen molar-refractivity contribution >= 4 is 34.2 Å². The van der Waals surface area contributed by atoms with Crippen LogP contribution in [0.1, 0.15) is 26.7 Å². The molecule has 1 atom stereocenters. The van der Waals surface area contributed by atoms with Gasteiger partial charge in [0.05, 0.1) is 10.9 Å². The molecule has 0 aliphatic carbocycles. The number of hydrogen-bond donors (Lipinski definition) is 0. The summed E-state index contributed by atoms with van der Waals surface area (Å²) in [7, 11) is 0. The van der Waals surface area contributed by atoms with E-state index in [0.29, 0.717) is 4.88 Å². The molecule has 7 heteroatoms. The van der Waals surface area contributed by atoms with Crippen LogP contribution < -0.4 is 4.87 Å². The lowest BCUT2D eigenvalue weighted by Gasteiger charge is -2.07. The second-order valence-corrected chi connectivity index (χ2v) is 6.96. The van der Waals surface area contributed by atoms with Crippen molar-refractivity contribution in [3.63, 3.8) is 0 Å². The summed E-state index contributed by atoms with van der Waals surface area (Å²) >= 11 is 2.34. The van der Waals surface area contributed by atoms with Crippen LogP contribution in [-0.2, 0) is 11.3 Å². The van der Waals surface area contributed by atoms with E-state index in [1.807, 2.05) is 6.92 Å². The third-order valence-corrected chi connectivity index (χ3v) is 5.15. The van der Waals surface area contributed by atoms with E-state index in [2.05, 4.69) is 0 Å². The van der Waals surface area contributed by atoms with Gasteiger partial charge in [-0.25, -0.2) is 0 Å². The van der Waals surface area contributed by atoms with Gasteiger partial charge in [0, 0.05) is 28.9 Å². The van der Waals surface area contributed by atoms with Gasteiger partial charge in [0.25, 0.3) is 0 Å². The van der Waals surface area contributed by atoms with Gasteiger partial charge >= 0.3 is 4.87 Å². The van der Waals surface area contributed by atoms with Gasteiger partial charge in [-0.1, -0.05) is 11.3 Å². The number of thiophene rings is 1. The van der Waals surface area contributed by atoms with Crippen molar-refractivity contribution in [1.82, 2.24) is 4.57 Å². The molecular weight excluding hydrogens is 320 g/mol. The van der Waals surface area contributed by atoms with Crippen LogP contribution in [0.5, 0.6) is 0 Å². The van der Waals surface area contributed by atoms with Gasteiger partial charge in [0.1, 0.15) is 0 Å². The number of aryl methyl sites for hydroxylation is 2. The minimum atomic E-state index is -1.30. The van der Waals surface area contributed by atoms with E-state index >= 15 is 0 Å². The number of carbonyl (C=O) groups is 2. The zero-order valence-electron chi connectivity index (χ0n) is 12.2. The number of hydrogen-bond acceptors (Lipinski definition) is 6. The zero-order valence-corrected chi connectivity index (χ0v) is 13.8. The number of Topliss-reactive ketones (excluding diaryl/α,β-unsaturated/α-hetero) is 2. The number of nitrogens with zero attached hydrogens (tertiary/aromatic N) is 2. The van der Waals surface area contributed by atoms with E-state index in [1.165, 1.54) is 15.9 Å². The first-order valence-corrected chi connectivity index (χ1v) is 8.31. The molecule has 22 heavy (non-hydrogen) atoms. The molecule has 0 radical (unpaired) electrons. The molecule has 0 unspecified atom stereocenters. The highest BCUT2D eigenvalue weighted by molar-refractivity contribution is 7.14. The van der Waals surface area contributed by atoms with E-state index in [9.17, 15) is 14.4 Å². The maximum absolute atomic E-state index is 12.2. The lowest BCUT2D eigenvalue weighted by molar-refractivity contribution is -0.120. The molecule has 2 aromatic rings.